The molecule has 0 saturated heterocycles. The lowest BCUT2D eigenvalue weighted by atomic mass is 10.1. The van der Waals surface area contributed by atoms with E-state index in [1.165, 1.54) is 6.33 Å². The third-order valence-corrected chi connectivity index (χ3v) is 3.91. The van der Waals surface area contributed by atoms with Crippen LogP contribution >= 0.6 is 23.2 Å². The summed E-state index contributed by atoms with van der Waals surface area (Å²) in [6.07, 6.45) is 1.45. The van der Waals surface area contributed by atoms with Gasteiger partial charge in [-0.25, -0.2) is 0 Å². The molecule has 0 aliphatic rings. The van der Waals surface area contributed by atoms with Gasteiger partial charge in [0, 0.05) is 10.6 Å². The molecule has 0 saturated carbocycles. The number of hydrogen-bond acceptors (Lipinski definition) is 4. The van der Waals surface area contributed by atoms with Crippen molar-refractivity contribution < 1.29 is 0 Å². The molecule has 0 bridgehead atoms. The monoisotopic (exact) mass is 321 g/mol. The Morgan fingerprint density at radius 3 is 2.86 bits per heavy atom. The molecular weight excluding hydrogens is 309 g/mol. The van der Waals surface area contributed by atoms with Crippen LogP contribution in [0.1, 0.15) is 24.1 Å². The fourth-order valence-corrected chi connectivity index (χ4v) is 2.50. The summed E-state index contributed by atoms with van der Waals surface area (Å²) in [5.74, 6) is 1.24. The van der Waals surface area contributed by atoms with Gasteiger partial charge in [-0.2, -0.15) is 19.6 Å². The van der Waals surface area contributed by atoms with E-state index in [2.05, 4.69) is 20.4 Å². The van der Waals surface area contributed by atoms with Crippen LogP contribution in [0.15, 0.2) is 30.6 Å². The van der Waals surface area contributed by atoms with Gasteiger partial charge in [0.1, 0.15) is 17.3 Å². The summed E-state index contributed by atoms with van der Waals surface area (Å²) < 4.78 is 1.64. The van der Waals surface area contributed by atoms with Gasteiger partial charge in [0.2, 0.25) is 0 Å². The fourth-order valence-electron chi connectivity index (χ4n) is 2.13. The zero-order valence-corrected chi connectivity index (χ0v) is 13.0. The maximum absolute atomic E-state index is 6.15. The molecule has 0 aliphatic carbocycles. The lowest BCUT2D eigenvalue weighted by Gasteiger charge is -2.18. The van der Waals surface area contributed by atoms with E-state index in [4.69, 9.17) is 23.2 Å². The molecule has 0 aliphatic heterocycles. The van der Waals surface area contributed by atoms with Gasteiger partial charge in [-0.05, 0) is 31.5 Å². The molecule has 2 aromatic heterocycles. The Labute approximate surface area is 131 Å². The van der Waals surface area contributed by atoms with Crippen LogP contribution < -0.4 is 5.32 Å². The molecule has 0 spiro atoms. The highest BCUT2D eigenvalue weighted by molar-refractivity contribution is 6.30. The molecule has 1 atom stereocenters. The average molecular weight is 322 g/mol. The van der Waals surface area contributed by atoms with Crippen LogP contribution in [0.5, 0.6) is 0 Å². The molecule has 3 aromatic rings. The van der Waals surface area contributed by atoms with Crippen molar-refractivity contribution in [3.05, 3.63) is 51.9 Å². The number of anilines is 1. The number of halogens is 2. The molecule has 21 heavy (non-hydrogen) atoms. The van der Waals surface area contributed by atoms with E-state index >= 15 is 0 Å². The molecular formula is C14H13Cl2N5. The minimum Gasteiger partial charge on any atom is -0.363 e. The molecule has 5 nitrogen and oxygen atoms in total. The number of aromatic nitrogens is 4. The van der Waals surface area contributed by atoms with Gasteiger partial charge in [0.15, 0.2) is 0 Å². The SMILES string of the molecule is Cc1c(Cl)nc2ncnn2c1NC(C)c1cccc(Cl)c1. The van der Waals surface area contributed by atoms with Gasteiger partial charge in [-0.3, -0.25) is 0 Å². The smallest absolute Gasteiger partial charge is 0.255 e. The largest absolute Gasteiger partial charge is 0.363 e. The summed E-state index contributed by atoms with van der Waals surface area (Å²) in [7, 11) is 0. The second-order valence-electron chi connectivity index (χ2n) is 4.77. The first-order chi connectivity index (χ1) is 10.1. The van der Waals surface area contributed by atoms with E-state index < -0.39 is 0 Å². The predicted octanol–water partition coefficient (Wildman–Crippen LogP) is 3.91. The van der Waals surface area contributed by atoms with E-state index in [1.54, 1.807) is 4.52 Å². The van der Waals surface area contributed by atoms with Gasteiger partial charge in [-0.15, -0.1) is 0 Å². The van der Waals surface area contributed by atoms with E-state index in [1.807, 2.05) is 38.1 Å². The van der Waals surface area contributed by atoms with Crippen molar-refractivity contribution in [1.82, 2.24) is 19.6 Å². The lowest BCUT2D eigenvalue weighted by Crippen LogP contribution is -2.13. The molecule has 1 aromatic carbocycles. The molecule has 0 fully saturated rings. The molecule has 0 radical (unpaired) electrons. The van der Waals surface area contributed by atoms with Crippen molar-refractivity contribution in [2.75, 3.05) is 5.32 Å². The van der Waals surface area contributed by atoms with Gasteiger partial charge in [0.05, 0.1) is 6.04 Å². The third-order valence-electron chi connectivity index (χ3n) is 3.31. The number of fused-ring (bicyclic) bond motifs is 1. The Morgan fingerprint density at radius 2 is 2.10 bits per heavy atom. The summed E-state index contributed by atoms with van der Waals surface area (Å²) in [4.78, 5) is 8.25. The number of rotatable bonds is 3. The first-order valence-corrected chi connectivity index (χ1v) is 7.19. The molecule has 3 rings (SSSR count). The summed E-state index contributed by atoms with van der Waals surface area (Å²) in [5, 5.41) is 8.70. The van der Waals surface area contributed by atoms with E-state index in [9.17, 15) is 0 Å². The first-order valence-electron chi connectivity index (χ1n) is 6.44. The van der Waals surface area contributed by atoms with Crippen molar-refractivity contribution in [3.63, 3.8) is 0 Å². The Balaban J connectivity index is 2.01. The molecule has 7 heteroatoms. The van der Waals surface area contributed by atoms with E-state index in [0.29, 0.717) is 16.0 Å². The van der Waals surface area contributed by atoms with Crippen LogP contribution in [-0.2, 0) is 0 Å². The second kappa shape index (κ2) is 5.50. The van der Waals surface area contributed by atoms with Crippen LogP contribution in [0.25, 0.3) is 5.78 Å². The van der Waals surface area contributed by atoms with Crippen molar-refractivity contribution in [3.8, 4) is 0 Å². The minimum atomic E-state index is 0.0354. The maximum atomic E-state index is 6.15. The highest BCUT2D eigenvalue weighted by atomic mass is 35.5. The van der Waals surface area contributed by atoms with Crippen LogP contribution in [-0.4, -0.2) is 19.6 Å². The molecule has 108 valence electrons. The summed E-state index contributed by atoms with van der Waals surface area (Å²) in [5.41, 5.74) is 1.90. The second-order valence-corrected chi connectivity index (χ2v) is 5.56. The van der Waals surface area contributed by atoms with Crippen molar-refractivity contribution in [1.29, 1.82) is 0 Å². The standard InChI is InChI=1S/C14H13Cl2N5/c1-8-12(16)20-14-17-7-18-21(14)13(8)19-9(2)10-4-3-5-11(15)6-10/h3-7,9,19H,1-2H3. The van der Waals surface area contributed by atoms with Crippen LogP contribution in [0.4, 0.5) is 5.82 Å². The molecule has 2 heterocycles. The Bertz CT molecular complexity index is 799. The Kier molecular flexibility index (Phi) is 3.69. The lowest BCUT2D eigenvalue weighted by molar-refractivity contribution is 0.835. The van der Waals surface area contributed by atoms with Gasteiger partial charge in [0.25, 0.3) is 5.78 Å². The highest BCUT2D eigenvalue weighted by Gasteiger charge is 2.15. The number of nitrogens with zero attached hydrogens (tertiary/aromatic N) is 4. The quantitative estimate of drug-likeness (QED) is 0.743. The van der Waals surface area contributed by atoms with Crippen LogP contribution in [0.3, 0.4) is 0 Å². The minimum absolute atomic E-state index is 0.0354. The highest BCUT2D eigenvalue weighted by Crippen LogP contribution is 2.27. The average Bonchev–Trinajstić information content (AvgIpc) is 2.91. The summed E-state index contributed by atoms with van der Waals surface area (Å²) in [6.45, 7) is 3.94. The van der Waals surface area contributed by atoms with Crippen molar-refractivity contribution in [2.45, 2.75) is 19.9 Å². The Hall–Kier alpha value is -1.85. The van der Waals surface area contributed by atoms with Crippen LogP contribution in [0.2, 0.25) is 10.2 Å². The molecule has 1 N–H and O–H groups in total. The number of nitrogens with one attached hydrogen (secondary N) is 1. The van der Waals surface area contributed by atoms with Gasteiger partial charge < -0.3 is 5.32 Å². The normalized spacial score (nSPS) is 12.6. The Morgan fingerprint density at radius 1 is 1.29 bits per heavy atom. The van der Waals surface area contributed by atoms with Gasteiger partial charge >= 0.3 is 0 Å². The summed E-state index contributed by atoms with van der Waals surface area (Å²) in [6, 6.07) is 7.75. The molecule has 1 unspecified atom stereocenters. The van der Waals surface area contributed by atoms with E-state index in [0.717, 1.165) is 16.9 Å². The zero-order valence-electron chi connectivity index (χ0n) is 11.5. The van der Waals surface area contributed by atoms with Crippen molar-refractivity contribution in [2.24, 2.45) is 0 Å². The number of hydrogen-bond donors (Lipinski definition) is 1. The first kappa shape index (κ1) is 14.1. The topological polar surface area (TPSA) is 55.1 Å². The van der Waals surface area contributed by atoms with Crippen LogP contribution in [0, 0.1) is 6.92 Å². The van der Waals surface area contributed by atoms with Crippen molar-refractivity contribution >= 4 is 34.8 Å². The molecule has 0 amide bonds. The number of benzene rings is 1. The summed E-state index contributed by atoms with van der Waals surface area (Å²) >= 11 is 12.2. The van der Waals surface area contributed by atoms with Gasteiger partial charge in [-0.1, -0.05) is 35.3 Å². The maximum Gasteiger partial charge on any atom is 0.255 e. The zero-order chi connectivity index (χ0) is 15.0. The fraction of sp³-hybridized carbons (Fsp3) is 0.214. The predicted molar refractivity (Wildman–Crippen MR) is 84.0 cm³/mol. The third kappa shape index (κ3) is 2.66. The van der Waals surface area contributed by atoms with E-state index in [-0.39, 0.29) is 6.04 Å².